The third-order valence-corrected chi connectivity index (χ3v) is 2.04. The molecule has 0 saturated carbocycles. The molecule has 2 aromatic rings. The van der Waals surface area contributed by atoms with E-state index in [-0.39, 0.29) is 0 Å². The number of fused-ring (bicyclic) bond motifs is 1. The van der Waals surface area contributed by atoms with Gasteiger partial charge in [-0.05, 0) is 30.3 Å². The van der Waals surface area contributed by atoms with Crippen LogP contribution in [0.1, 0.15) is 0 Å². The molecule has 0 fully saturated rings. The van der Waals surface area contributed by atoms with Crippen LogP contribution < -0.4 is 14.7 Å². The number of rotatable bonds is 2. The maximum atomic E-state index is 9.14. The van der Waals surface area contributed by atoms with Gasteiger partial charge in [-0.1, -0.05) is 36.9 Å². The average molecular weight is 273 g/mol. The Morgan fingerprint density at radius 2 is 1.55 bits per heavy atom. The molecule has 1 N–H and O–H groups in total. The molecule has 0 unspecified atom stereocenters. The Morgan fingerprint density at radius 3 is 1.85 bits per heavy atom. The Labute approximate surface area is 116 Å². The summed E-state index contributed by atoms with van der Waals surface area (Å²) in [5.41, 5.74) is 0. The van der Waals surface area contributed by atoms with Gasteiger partial charge in [0.15, 0.2) is 17.2 Å². The normalized spacial score (nSPS) is 9.25. The van der Waals surface area contributed by atoms with Gasteiger partial charge in [0.2, 0.25) is 0 Å². The van der Waals surface area contributed by atoms with E-state index in [1.54, 1.807) is 24.3 Å². The molecule has 1 aliphatic rings. The van der Waals surface area contributed by atoms with Crippen molar-refractivity contribution >= 4 is 5.97 Å². The Balaban J connectivity index is 0.000000155. The summed E-state index contributed by atoms with van der Waals surface area (Å²) in [5.74, 6) is 1.29. The molecule has 1 aliphatic heterocycles. The van der Waals surface area contributed by atoms with Crippen molar-refractivity contribution in [1.29, 1.82) is 0 Å². The number of hydrogen-bond acceptors (Lipinski definition) is 5. The minimum absolute atomic E-state index is 0.465. The van der Waals surface area contributed by atoms with Crippen molar-refractivity contribution in [3.8, 4) is 17.2 Å². The fourth-order valence-electron chi connectivity index (χ4n) is 1.09. The fraction of sp³-hybridized carbons (Fsp3) is 0. The van der Waals surface area contributed by atoms with Crippen LogP contribution in [0.15, 0.2) is 67.3 Å². The smallest absolute Gasteiger partial charge is 0.170 e. The molecule has 0 spiro atoms. The van der Waals surface area contributed by atoms with Crippen molar-refractivity contribution in [1.82, 2.24) is 0 Å². The Morgan fingerprint density at radius 1 is 1.10 bits per heavy atom. The largest absolute Gasteiger partial charge is 0.545 e. The molecule has 0 bridgehead atoms. The lowest BCUT2D eigenvalue weighted by Gasteiger charge is -1.90. The van der Waals surface area contributed by atoms with Gasteiger partial charge in [0.1, 0.15) is 0 Å². The molecular formula is C15H13O5-. The summed E-state index contributed by atoms with van der Waals surface area (Å²) in [6.45, 7) is 2.90. The molecule has 0 amide bonds. The number of para-hydroxylation sites is 3. The van der Waals surface area contributed by atoms with Crippen molar-refractivity contribution in [3.63, 3.8) is 0 Å². The minimum atomic E-state index is -1.23. The topological polar surface area (TPSA) is 82.1 Å². The molecule has 3 rings (SSSR count). The van der Waals surface area contributed by atoms with E-state index in [1.807, 2.05) is 30.3 Å². The van der Waals surface area contributed by atoms with Crippen molar-refractivity contribution < 1.29 is 24.8 Å². The second-order valence-electron chi connectivity index (χ2n) is 3.48. The predicted octanol–water partition coefficient (Wildman–Crippen LogP) is 2.25. The number of carboxylic acid groups (broad SMARTS) is 1. The Bertz CT molecular complexity index is 530. The van der Waals surface area contributed by atoms with E-state index in [0.717, 1.165) is 17.6 Å². The van der Waals surface area contributed by atoms with E-state index in [9.17, 15) is 0 Å². The van der Waals surface area contributed by atoms with Crippen molar-refractivity contribution in [2.45, 2.75) is 0 Å². The molecule has 5 nitrogen and oxygen atoms in total. The zero-order valence-corrected chi connectivity index (χ0v) is 10.6. The summed E-state index contributed by atoms with van der Waals surface area (Å²) in [7, 11) is 0. The fourth-order valence-corrected chi connectivity index (χ4v) is 1.09. The van der Waals surface area contributed by atoms with Crippen LogP contribution in [-0.4, -0.2) is 11.2 Å². The lowest BCUT2D eigenvalue weighted by Crippen LogP contribution is -2.17. The SMILES string of the molecule is C=CC(=O)[O-].OOc1ccccc1.c1ccc2c(c1)O2. The van der Waals surface area contributed by atoms with Gasteiger partial charge < -0.3 is 19.5 Å². The van der Waals surface area contributed by atoms with Crippen molar-refractivity contribution in [2.75, 3.05) is 0 Å². The highest BCUT2D eigenvalue weighted by Crippen LogP contribution is 2.43. The molecule has 20 heavy (non-hydrogen) atoms. The number of carbonyl (C=O) groups excluding carboxylic acids is 1. The number of ether oxygens (including phenoxy) is 1. The van der Waals surface area contributed by atoms with Gasteiger partial charge in [-0.15, -0.1) is 0 Å². The quantitative estimate of drug-likeness (QED) is 0.335. The zero-order valence-electron chi connectivity index (χ0n) is 10.6. The van der Waals surface area contributed by atoms with Crippen LogP contribution in [0.25, 0.3) is 0 Å². The monoisotopic (exact) mass is 273 g/mol. The first-order valence-electron chi connectivity index (χ1n) is 5.64. The number of aliphatic carboxylic acids is 1. The van der Waals surface area contributed by atoms with Crippen LogP contribution in [0, 0.1) is 0 Å². The van der Waals surface area contributed by atoms with E-state index < -0.39 is 5.97 Å². The second-order valence-corrected chi connectivity index (χ2v) is 3.48. The van der Waals surface area contributed by atoms with E-state index in [4.69, 9.17) is 19.9 Å². The van der Waals surface area contributed by atoms with Gasteiger partial charge in [0, 0.05) is 0 Å². The lowest BCUT2D eigenvalue weighted by atomic mass is 10.3. The van der Waals surface area contributed by atoms with E-state index in [0.29, 0.717) is 5.75 Å². The first-order valence-corrected chi connectivity index (χ1v) is 5.64. The van der Waals surface area contributed by atoms with Crippen LogP contribution in [0.4, 0.5) is 0 Å². The van der Waals surface area contributed by atoms with E-state index in [1.165, 1.54) is 0 Å². The molecule has 0 aliphatic carbocycles. The van der Waals surface area contributed by atoms with Gasteiger partial charge in [-0.25, -0.2) is 5.26 Å². The predicted molar refractivity (Wildman–Crippen MR) is 71.4 cm³/mol. The number of hydrogen-bond donors (Lipinski definition) is 1. The van der Waals surface area contributed by atoms with Crippen LogP contribution in [0.5, 0.6) is 17.2 Å². The van der Waals surface area contributed by atoms with Gasteiger partial charge in [0.25, 0.3) is 0 Å². The van der Waals surface area contributed by atoms with Crippen molar-refractivity contribution in [3.05, 3.63) is 67.3 Å². The van der Waals surface area contributed by atoms with Crippen LogP contribution >= 0.6 is 0 Å². The van der Waals surface area contributed by atoms with Crippen LogP contribution in [-0.2, 0) is 4.79 Å². The summed E-state index contributed by atoms with van der Waals surface area (Å²) in [6.07, 6.45) is 0.722. The summed E-state index contributed by atoms with van der Waals surface area (Å²) < 4.78 is 4.94. The van der Waals surface area contributed by atoms with Gasteiger partial charge in [-0.3, -0.25) is 0 Å². The van der Waals surface area contributed by atoms with Crippen molar-refractivity contribution in [2.24, 2.45) is 0 Å². The molecule has 5 heteroatoms. The highest BCUT2D eigenvalue weighted by atomic mass is 17.1. The van der Waals surface area contributed by atoms with Crippen LogP contribution in [0.2, 0.25) is 0 Å². The molecular weight excluding hydrogens is 260 g/mol. The van der Waals surface area contributed by atoms with Crippen LogP contribution in [0.3, 0.4) is 0 Å². The average Bonchev–Trinajstić information content (AvgIpc) is 3.29. The zero-order chi connectivity index (χ0) is 14.8. The molecule has 0 radical (unpaired) electrons. The van der Waals surface area contributed by atoms with E-state index >= 15 is 0 Å². The molecule has 0 saturated heterocycles. The maximum absolute atomic E-state index is 9.14. The Hall–Kier alpha value is -2.79. The maximum Gasteiger partial charge on any atom is 0.170 e. The molecule has 1 heterocycles. The number of carbonyl (C=O) groups is 1. The second kappa shape index (κ2) is 8.34. The first-order chi connectivity index (χ1) is 9.67. The molecule has 0 atom stereocenters. The highest BCUT2D eigenvalue weighted by Gasteiger charge is 2.15. The summed E-state index contributed by atoms with van der Waals surface area (Å²) >= 11 is 0. The lowest BCUT2D eigenvalue weighted by molar-refractivity contribution is -0.297. The number of carboxylic acids is 1. The highest BCUT2D eigenvalue weighted by molar-refractivity contribution is 5.76. The summed E-state index contributed by atoms with van der Waals surface area (Å²) in [4.78, 5) is 13.1. The summed E-state index contributed by atoms with van der Waals surface area (Å²) in [5, 5.41) is 17.2. The minimum Gasteiger partial charge on any atom is -0.545 e. The summed E-state index contributed by atoms with van der Waals surface area (Å²) in [6, 6.07) is 16.6. The molecule has 2 aromatic carbocycles. The molecule has 104 valence electrons. The standard InChI is InChI=1S/C6H6O2.C6H4O.C3H4O2/c7-8-6-4-2-1-3-5-6;1-2-4-6-5(3-1)7-6;1-2-3(4)5/h1-5,7H;1-4H;2H,1H2,(H,4,5)/p-1. The molecule has 0 aromatic heterocycles. The first kappa shape index (κ1) is 15.3. The van der Waals surface area contributed by atoms with E-state index in [2.05, 4.69) is 11.5 Å². The van der Waals surface area contributed by atoms with Gasteiger partial charge >= 0.3 is 0 Å². The third kappa shape index (κ3) is 6.23. The number of benzene rings is 2. The van der Waals surface area contributed by atoms with Gasteiger partial charge in [-0.2, -0.15) is 0 Å². The Kier molecular flexibility index (Phi) is 6.36. The van der Waals surface area contributed by atoms with Gasteiger partial charge in [0.05, 0.1) is 5.97 Å². The third-order valence-electron chi connectivity index (χ3n) is 2.04.